The van der Waals surface area contributed by atoms with Crippen molar-refractivity contribution in [3.05, 3.63) is 15.0 Å². The van der Waals surface area contributed by atoms with E-state index in [-0.39, 0.29) is 5.69 Å². The third-order valence-corrected chi connectivity index (χ3v) is 2.63. The van der Waals surface area contributed by atoms with Crippen molar-refractivity contribution in [2.45, 2.75) is 12.6 Å². The van der Waals surface area contributed by atoms with Crippen LogP contribution in [-0.2, 0) is 6.42 Å². The van der Waals surface area contributed by atoms with Crippen LogP contribution in [0.15, 0.2) is 9.30 Å². The Labute approximate surface area is 73.4 Å². The highest BCUT2D eigenvalue weighted by molar-refractivity contribution is 9.11. The van der Waals surface area contributed by atoms with Gasteiger partial charge in [-0.1, -0.05) is 0 Å². The van der Waals surface area contributed by atoms with Crippen LogP contribution >= 0.6 is 27.3 Å². The molecule has 0 saturated carbocycles. The van der Waals surface area contributed by atoms with Crippen molar-refractivity contribution >= 4 is 27.3 Å². The van der Waals surface area contributed by atoms with Crippen molar-refractivity contribution in [1.29, 1.82) is 0 Å². The molecule has 11 heavy (non-hydrogen) atoms. The van der Waals surface area contributed by atoms with Gasteiger partial charge in [0, 0.05) is 0 Å². The van der Waals surface area contributed by atoms with E-state index >= 15 is 0 Å². The molecule has 0 fully saturated rings. The van der Waals surface area contributed by atoms with Crippen molar-refractivity contribution in [2.24, 2.45) is 0 Å². The molecule has 0 aliphatic carbocycles. The fraction of sp³-hybridized carbons (Fsp3) is 0.400. The first-order valence-electron chi connectivity index (χ1n) is 2.63. The fourth-order valence-electron chi connectivity index (χ4n) is 0.560. The minimum absolute atomic E-state index is 0.0579. The van der Waals surface area contributed by atoms with Crippen LogP contribution in [0, 0.1) is 0 Å². The molecule has 0 radical (unpaired) electrons. The molecule has 0 aliphatic rings. The average molecular weight is 246 g/mol. The third kappa shape index (κ3) is 2.78. The van der Waals surface area contributed by atoms with E-state index in [1.54, 1.807) is 0 Å². The number of aromatic nitrogens is 1. The quantitative estimate of drug-likeness (QED) is 0.742. The van der Waals surface area contributed by atoms with Crippen LogP contribution in [0.3, 0.4) is 0 Å². The van der Waals surface area contributed by atoms with Gasteiger partial charge in [-0.3, -0.25) is 0 Å². The van der Waals surface area contributed by atoms with Gasteiger partial charge >= 0.3 is 6.18 Å². The summed E-state index contributed by atoms with van der Waals surface area (Å²) in [5.41, 5.74) is 1.44. The first-order chi connectivity index (χ1) is 4.99. The smallest absolute Gasteiger partial charge is 0.248 e. The molecule has 0 atom stereocenters. The van der Waals surface area contributed by atoms with E-state index in [0.29, 0.717) is 3.79 Å². The lowest BCUT2D eigenvalue weighted by Crippen LogP contribution is -2.11. The summed E-state index contributed by atoms with van der Waals surface area (Å²) >= 11 is 4.13. The number of alkyl halides is 3. The van der Waals surface area contributed by atoms with E-state index in [2.05, 4.69) is 20.9 Å². The highest BCUT2D eigenvalue weighted by atomic mass is 79.9. The molecular weight excluding hydrogens is 243 g/mol. The van der Waals surface area contributed by atoms with E-state index in [0.717, 1.165) is 11.3 Å². The molecular formula is C5H3BrF3NS. The summed E-state index contributed by atoms with van der Waals surface area (Å²) < 4.78 is 35.7. The van der Waals surface area contributed by atoms with Gasteiger partial charge in [-0.15, -0.1) is 11.3 Å². The van der Waals surface area contributed by atoms with Crippen LogP contribution in [0.25, 0.3) is 0 Å². The van der Waals surface area contributed by atoms with Gasteiger partial charge in [0.15, 0.2) is 0 Å². The first-order valence-corrected chi connectivity index (χ1v) is 4.31. The number of nitrogens with zero attached hydrogens (tertiary/aromatic N) is 1. The highest BCUT2D eigenvalue weighted by Gasteiger charge is 2.29. The first kappa shape index (κ1) is 8.99. The van der Waals surface area contributed by atoms with Gasteiger partial charge in [-0.25, -0.2) is 4.98 Å². The van der Waals surface area contributed by atoms with E-state index in [4.69, 9.17) is 0 Å². The lowest BCUT2D eigenvalue weighted by molar-refractivity contribution is -0.127. The van der Waals surface area contributed by atoms with Gasteiger partial charge in [-0.2, -0.15) is 13.2 Å². The number of halogens is 4. The summed E-state index contributed by atoms with van der Waals surface area (Å²) in [7, 11) is 0. The minimum atomic E-state index is -4.17. The molecule has 0 bridgehead atoms. The Morgan fingerprint density at radius 2 is 2.18 bits per heavy atom. The van der Waals surface area contributed by atoms with Gasteiger partial charge in [0.2, 0.25) is 0 Å². The molecule has 0 unspecified atom stereocenters. The molecule has 1 aromatic heterocycles. The molecule has 0 aromatic carbocycles. The van der Waals surface area contributed by atoms with Crippen molar-refractivity contribution in [3.63, 3.8) is 0 Å². The third-order valence-electron chi connectivity index (χ3n) is 0.959. The van der Waals surface area contributed by atoms with Crippen LogP contribution in [0.1, 0.15) is 5.69 Å². The van der Waals surface area contributed by atoms with Crippen molar-refractivity contribution in [2.75, 3.05) is 0 Å². The maximum absolute atomic E-state index is 11.7. The summed E-state index contributed by atoms with van der Waals surface area (Å²) in [6.45, 7) is 0. The Kier molecular flexibility index (Phi) is 2.54. The van der Waals surface area contributed by atoms with Gasteiger partial charge in [0.1, 0.15) is 0 Å². The Morgan fingerprint density at radius 1 is 1.55 bits per heavy atom. The normalized spacial score (nSPS) is 12.0. The van der Waals surface area contributed by atoms with Gasteiger partial charge in [0.05, 0.1) is 21.4 Å². The van der Waals surface area contributed by atoms with Crippen LogP contribution < -0.4 is 0 Å². The van der Waals surface area contributed by atoms with Crippen LogP contribution in [0.5, 0.6) is 0 Å². The number of thiazole rings is 1. The number of hydrogen-bond acceptors (Lipinski definition) is 2. The minimum Gasteiger partial charge on any atom is -0.248 e. The summed E-state index contributed by atoms with van der Waals surface area (Å²) in [6.07, 6.45) is -5.13. The maximum atomic E-state index is 11.7. The lowest BCUT2D eigenvalue weighted by atomic mass is 10.3. The molecule has 0 aliphatic heterocycles. The SMILES string of the molecule is FC(F)(F)Cc1ncsc1Br. The molecule has 0 spiro atoms. The standard InChI is InChI=1S/C5H3BrF3NS/c6-4-3(10-2-11-4)1-5(7,8)9/h2H,1H2. The maximum Gasteiger partial charge on any atom is 0.394 e. The van der Waals surface area contributed by atoms with Crippen molar-refractivity contribution in [1.82, 2.24) is 4.98 Å². The Balaban J connectivity index is 2.72. The van der Waals surface area contributed by atoms with E-state index in [1.807, 2.05) is 0 Å². The Morgan fingerprint density at radius 3 is 2.55 bits per heavy atom. The second kappa shape index (κ2) is 3.10. The molecule has 1 heterocycles. The van der Waals surface area contributed by atoms with Gasteiger partial charge in [0.25, 0.3) is 0 Å². The Bertz CT molecular complexity index is 244. The lowest BCUT2D eigenvalue weighted by Gasteiger charge is -2.02. The van der Waals surface area contributed by atoms with Crippen molar-refractivity contribution in [3.8, 4) is 0 Å². The molecule has 6 heteroatoms. The zero-order valence-corrected chi connectivity index (χ0v) is 7.55. The van der Waals surface area contributed by atoms with E-state index in [1.165, 1.54) is 5.51 Å². The van der Waals surface area contributed by atoms with E-state index < -0.39 is 12.6 Å². The molecule has 0 amide bonds. The van der Waals surface area contributed by atoms with Crippen LogP contribution in [0.4, 0.5) is 13.2 Å². The Hall–Kier alpha value is -0.100. The van der Waals surface area contributed by atoms with Crippen LogP contribution in [-0.4, -0.2) is 11.2 Å². The summed E-state index contributed by atoms with van der Waals surface area (Å²) in [5.74, 6) is 0. The predicted octanol–water partition coefficient (Wildman–Crippen LogP) is 3.01. The molecule has 0 N–H and O–H groups in total. The van der Waals surface area contributed by atoms with E-state index in [9.17, 15) is 13.2 Å². The van der Waals surface area contributed by atoms with Crippen LogP contribution in [0.2, 0.25) is 0 Å². The largest absolute Gasteiger partial charge is 0.394 e. The molecule has 0 saturated heterocycles. The number of rotatable bonds is 1. The van der Waals surface area contributed by atoms with Gasteiger partial charge < -0.3 is 0 Å². The second-order valence-corrected chi connectivity index (χ2v) is 4.04. The van der Waals surface area contributed by atoms with Crippen molar-refractivity contribution < 1.29 is 13.2 Å². The molecule has 62 valence electrons. The second-order valence-electron chi connectivity index (χ2n) is 1.86. The zero-order valence-electron chi connectivity index (χ0n) is 5.15. The average Bonchev–Trinajstić information content (AvgIpc) is 2.12. The zero-order chi connectivity index (χ0) is 8.48. The summed E-state index contributed by atoms with van der Waals surface area (Å²) in [6, 6.07) is 0. The number of hydrogen-bond donors (Lipinski definition) is 0. The highest BCUT2D eigenvalue weighted by Crippen LogP contribution is 2.27. The fourth-order valence-corrected chi connectivity index (χ4v) is 1.59. The predicted molar refractivity (Wildman–Crippen MR) is 39.6 cm³/mol. The molecule has 1 rings (SSSR count). The molecule has 1 aromatic rings. The molecule has 1 nitrogen and oxygen atoms in total. The topological polar surface area (TPSA) is 12.9 Å². The van der Waals surface area contributed by atoms with Gasteiger partial charge in [-0.05, 0) is 15.9 Å². The summed E-state index contributed by atoms with van der Waals surface area (Å²) in [4.78, 5) is 3.55. The monoisotopic (exact) mass is 245 g/mol. The summed E-state index contributed by atoms with van der Waals surface area (Å²) in [5, 5.41) is 0.